The van der Waals surface area contributed by atoms with Gasteiger partial charge in [-0.25, -0.2) is 0 Å². The number of carbonyl (C=O) groups excluding carboxylic acids is 2. The van der Waals surface area contributed by atoms with E-state index < -0.39 is 6.04 Å². The Morgan fingerprint density at radius 2 is 1.33 bits per heavy atom. The van der Waals surface area contributed by atoms with E-state index in [4.69, 9.17) is 0 Å². The second kappa shape index (κ2) is 12.6. The van der Waals surface area contributed by atoms with Crippen LogP contribution in [0.1, 0.15) is 55.7 Å². The normalized spacial score (nSPS) is 11.7. The van der Waals surface area contributed by atoms with Crippen molar-refractivity contribution in [2.24, 2.45) is 0 Å². The molecule has 0 aliphatic rings. The fourth-order valence-corrected chi connectivity index (χ4v) is 3.99. The second-order valence-corrected chi connectivity index (χ2v) is 8.41. The van der Waals surface area contributed by atoms with E-state index in [1.165, 1.54) is 0 Å². The number of rotatable bonds is 11. The molecule has 0 aromatic heterocycles. The molecule has 3 aromatic carbocycles. The highest BCUT2D eigenvalue weighted by atomic mass is 16.2. The summed E-state index contributed by atoms with van der Waals surface area (Å²) in [6.45, 7) is 4.94. The van der Waals surface area contributed by atoms with Crippen molar-refractivity contribution < 1.29 is 9.59 Å². The van der Waals surface area contributed by atoms with Gasteiger partial charge in [-0.3, -0.25) is 9.59 Å². The van der Waals surface area contributed by atoms with Gasteiger partial charge in [0.15, 0.2) is 0 Å². The lowest BCUT2D eigenvalue weighted by molar-refractivity contribution is -0.140. The first-order chi connectivity index (χ1) is 16.1. The number of unbranched alkanes of at least 4 members (excludes halogenated alkanes) is 1. The van der Waals surface area contributed by atoms with E-state index in [1.54, 1.807) is 4.90 Å². The van der Waals surface area contributed by atoms with Gasteiger partial charge < -0.3 is 10.2 Å². The zero-order valence-electron chi connectivity index (χ0n) is 19.6. The quantitative estimate of drug-likeness (QED) is 0.396. The molecule has 0 heterocycles. The highest BCUT2D eigenvalue weighted by Gasteiger charge is 2.28. The van der Waals surface area contributed by atoms with Crippen LogP contribution in [-0.2, 0) is 16.1 Å². The number of hydrogen-bond acceptors (Lipinski definition) is 2. The SMILES string of the molecule is CCCCNC(=O)[C@@H](C)N(Cc1ccccc1)C(=O)CC(c1ccccc1)c1ccccc1. The minimum absolute atomic E-state index is 0.0327. The molecule has 1 atom stereocenters. The van der Waals surface area contributed by atoms with Crippen LogP contribution in [0.15, 0.2) is 91.0 Å². The molecule has 172 valence electrons. The molecule has 4 nitrogen and oxygen atoms in total. The van der Waals surface area contributed by atoms with E-state index in [0.717, 1.165) is 29.5 Å². The van der Waals surface area contributed by atoms with E-state index in [0.29, 0.717) is 19.5 Å². The average molecular weight is 443 g/mol. The highest BCUT2D eigenvalue weighted by Crippen LogP contribution is 2.29. The van der Waals surface area contributed by atoms with Crippen LogP contribution in [0, 0.1) is 0 Å². The van der Waals surface area contributed by atoms with Crippen LogP contribution in [0.25, 0.3) is 0 Å². The number of amides is 2. The van der Waals surface area contributed by atoms with Crippen molar-refractivity contribution >= 4 is 11.8 Å². The first kappa shape index (κ1) is 24.2. The van der Waals surface area contributed by atoms with E-state index in [-0.39, 0.29) is 17.7 Å². The molecule has 4 heteroatoms. The van der Waals surface area contributed by atoms with Crippen molar-refractivity contribution in [2.45, 2.75) is 51.6 Å². The second-order valence-electron chi connectivity index (χ2n) is 8.41. The maximum Gasteiger partial charge on any atom is 0.242 e. The number of hydrogen-bond donors (Lipinski definition) is 1. The Hall–Kier alpha value is -3.40. The summed E-state index contributed by atoms with van der Waals surface area (Å²) in [6, 6.07) is 29.5. The van der Waals surface area contributed by atoms with Crippen molar-refractivity contribution in [1.29, 1.82) is 0 Å². The molecule has 3 rings (SSSR count). The maximum atomic E-state index is 13.7. The van der Waals surface area contributed by atoms with E-state index in [9.17, 15) is 9.59 Å². The molecule has 1 N–H and O–H groups in total. The molecule has 0 spiro atoms. The van der Waals surface area contributed by atoms with Gasteiger partial charge in [0.1, 0.15) is 6.04 Å². The van der Waals surface area contributed by atoms with Crippen LogP contribution in [0.4, 0.5) is 0 Å². The zero-order chi connectivity index (χ0) is 23.5. The van der Waals surface area contributed by atoms with Gasteiger partial charge in [0.05, 0.1) is 0 Å². The first-order valence-corrected chi connectivity index (χ1v) is 11.8. The van der Waals surface area contributed by atoms with Crippen molar-refractivity contribution in [2.75, 3.05) is 6.54 Å². The van der Waals surface area contributed by atoms with Gasteiger partial charge in [-0.1, -0.05) is 104 Å². The number of benzene rings is 3. The third-order valence-electron chi connectivity index (χ3n) is 5.98. The monoisotopic (exact) mass is 442 g/mol. The lowest BCUT2D eigenvalue weighted by atomic mass is 9.88. The van der Waals surface area contributed by atoms with Crippen LogP contribution < -0.4 is 5.32 Å². The molecule has 0 saturated heterocycles. The van der Waals surface area contributed by atoms with Crippen LogP contribution in [0.5, 0.6) is 0 Å². The Bertz CT molecular complexity index is 950. The third-order valence-corrected chi connectivity index (χ3v) is 5.98. The molecular weight excluding hydrogens is 408 g/mol. The van der Waals surface area contributed by atoms with E-state index in [2.05, 4.69) is 36.5 Å². The lowest BCUT2D eigenvalue weighted by Crippen LogP contribution is -2.48. The summed E-state index contributed by atoms with van der Waals surface area (Å²) in [4.78, 5) is 28.3. The predicted molar refractivity (Wildman–Crippen MR) is 134 cm³/mol. The van der Waals surface area contributed by atoms with Crippen LogP contribution in [0.2, 0.25) is 0 Å². The van der Waals surface area contributed by atoms with Crippen LogP contribution in [0.3, 0.4) is 0 Å². The standard InChI is InChI=1S/C29H34N2O2/c1-3-4-20-30-29(33)23(2)31(22-24-14-8-5-9-15-24)28(32)21-27(25-16-10-6-11-17-25)26-18-12-7-13-19-26/h5-19,23,27H,3-4,20-22H2,1-2H3,(H,30,33)/t23-/m1/s1. The molecule has 0 aliphatic heterocycles. The van der Waals surface area contributed by atoms with Gasteiger partial charge in [0.25, 0.3) is 0 Å². The van der Waals surface area contributed by atoms with E-state index >= 15 is 0 Å². The van der Waals surface area contributed by atoms with E-state index in [1.807, 2.05) is 73.7 Å². The maximum absolute atomic E-state index is 13.7. The molecule has 0 unspecified atom stereocenters. The predicted octanol–water partition coefficient (Wildman–Crippen LogP) is 5.54. The Labute approximate surface area is 197 Å². The average Bonchev–Trinajstić information content (AvgIpc) is 2.87. The molecule has 0 radical (unpaired) electrons. The fraction of sp³-hybridized carbons (Fsp3) is 0.310. The highest BCUT2D eigenvalue weighted by molar-refractivity contribution is 5.87. The Morgan fingerprint density at radius 1 is 0.818 bits per heavy atom. The molecule has 2 amide bonds. The number of nitrogens with zero attached hydrogens (tertiary/aromatic N) is 1. The zero-order valence-corrected chi connectivity index (χ0v) is 19.6. The van der Waals surface area contributed by atoms with Gasteiger partial charge in [-0.2, -0.15) is 0 Å². The minimum atomic E-state index is -0.554. The van der Waals surface area contributed by atoms with Gasteiger partial charge in [-0.15, -0.1) is 0 Å². The Kier molecular flexibility index (Phi) is 9.25. The molecule has 0 aliphatic carbocycles. The molecule has 0 saturated carbocycles. The summed E-state index contributed by atoms with van der Waals surface area (Å²) in [5.41, 5.74) is 3.20. The summed E-state index contributed by atoms with van der Waals surface area (Å²) < 4.78 is 0. The number of carbonyl (C=O) groups is 2. The molecule has 0 bridgehead atoms. The summed E-state index contributed by atoms with van der Waals surface area (Å²) >= 11 is 0. The fourth-order valence-electron chi connectivity index (χ4n) is 3.99. The van der Waals surface area contributed by atoms with Crippen molar-refractivity contribution in [1.82, 2.24) is 10.2 Å². The smallest absolute Gasteiger partial charge is 0.242 e. The van der Waals surface area contributed by atoms with Gasteiger partial charge in [0, 0.05) is 25.4 Å². The Morgan fingerprint density at radius 3 is 1.85 bits per heavy atom. The third kappa shape index (κ3) is 7.04. The van der Waals surface area contributed by atoms with Gasteiger partial charge in [0.2, 0.25) is 11.8 Å². The number of nitrogens with one attached hydrogen (secondary N) is 1. The molecule has 0 fully saturated rings. The summed E-state index contributed by atoms with van der Waals surface area (Å²) in [6.07, 6.45) is 2.24. The topological polar surface area (TPSA) is 49.4 Å². The minimum Gasteiger partial charge on any atom is -0.354 e. The summed E-state index contributed by atoms with van der Waals surface area (Å²) in [7, 11) is 0. The molecular formula is C29H34N2O2. The summed E-state index contributed by atoms with van der Waals surface area (Å²) in [5.74, 6) is -0.216. The van der Waals surface area contributed by atoms with Gasteiger partial charge in [-0.05, 0) is 30.0 Å². The van der Waals surface area contributed by atoms with Crippen molar-refractivity contribution in [3.8, 4) is 0 Å². The first-order valence-electron chi connectivity index (χ1n) is 11.8. The molecule has 33 heavy (non-hydrogen) atoms. The Balaban J connectivity index is 1.86. The van der Waals surface area contributed by atoms with Crippen LogP contribution in [-0.4, -0.2) is 29.3 Å². The van der Waals surface area contributed by atoms with Crippen molar-refractivity contribution in [3.05, 3.63) is 108 Å². The largest absolute Gasteiger partial charge is 0.354 e. The summed E-state index contributed by atoms with van der Waals surface area (Å²) in [5, 5.41) is 2.99. The van der Waals surface area contributed by atoms with Gasteiger partial charge >= 0.3 is 0 Å². The van der Waals surface area contributed by atoms with Crippen molar-refractivity contribution in [3.63, 3.8) is 0 Å². The molecule has 3 aromatic rings. The van der Waals surface area contributed by atoms with Crippen LogP contribution >= 0.6 is 0 Å². The lowest BCUT2D eigenvalue weighted by Gasteiger charge is -2.30.